The first kappa shape index (κ1) is 24.8. The van der Waals surface area contributed by atoms with E-state index >= 15 is 0 Å². The summed E-state index contributed by atoms with van der Waals surface area (Å²) in [5, 5.41) is 3.89. The molecule has 1 saturated heterocycles. The van der Waals surface area contributed by atoms with E-state index in [1.807, 2.05) is 68.4 Å². The lowest BCUT2D eigenvalue weighted by Crippen LogP contribution is -2.32. The molecule has 1 unspecified atom stereocenters. The number of anilines is 2. The van der Waals surface area contributed by atoms with E-state index in [1.165, 1.54) is 16.7 Å². The highest BCUT2D eigenvalue weighted by molar-refractivity contribution is 8.15. The zero-order chi connectivity index (χ0) is 24.9. The molecule has 1 fully saturated rings. The van der Waals surface area contributed by atoms with Gasteiger partial charge in [-0.3, -0.25) is 14.6 Å². The molecule has 1 aliphatic rings. The Morgan fingerprint density at radius 3 is 2.46 bits per heavy atom. The fraction of sp³-hybridized carbons (Fsp3) is 0.222. The minimum absolute atomic E-state index is 0.112. The van der Waals surface area contributed by atoms with Crippen molar-refractivity contribution in [1.29, 1.82) is 0 Å². The van der Waals surface area contributed by atoms with Crippen LogP contribution in [0.15, 0.2) is 71.7 Å². The Balaban J connectivity index is 1.56. The Morgan fingerprint density at radius 2 is 1.80 bits per heavy atom. The van der Waals surface area contributed by atoms with E-state index in [0.29, 0.717) is 22.4 Å². The SMILES string of the molecule is COc1ccc(CN=C(Nc2ccc(Cl)cc2)SC2CC(=O)N(c3ccc(C)cc3C)C2=O)cc1. The van der Waals surface area contributed by atoms with E-state index < -0.39 is 5.25 Å². The number of thioether (sulfide) groups is 1. The number of methoxy groups -OCH3 is 1. The molecule has 4 rings (SSSR count). The summed E-state index contributed by atoms with van der Waals surface area (Å²) in [4.78, 5) is 32.2. The predicted molar refractivity (Wildman–Crippen MR) is 144 cm³/mol. The van der Waals surface area contributed by atoms with Gasteiger partial charge in [0.15, 0.2) is 5.17 Å². The second-order valence-corrected chi connectivity index (χ2v) is 9.90. The van der Waals surface area contributed by atoms with Gasteiger partial charge in [-0.1, -0.05) is 53.2 Å². The fourth-order valence-electron chi connectivity index (χ4n) is 3.80. The molecule has 35 heavy (non-hydrogen) atoms. The van der Waals surface area contributed by atoms with E-state index in [1.54, 1.807) is 19.2 Å². The molecule has 3 aromatic carbocycles. The summed E-state index contributed by atoms with van der Waals surface area (Å²) < 4.78 is 5.22. The smallest absolute Gasteiger partial charge is 0.247 e. The number of amides is 2. The number of hydrogen-bond acceptors (Lipinski definition) is 5. The molecular weight excluding hydrogens is 482 g/mol. The highest BCUT2D eigenvalue weighted by Gasteiger charge is 2.41. The summed E-state index contributed by atoms with van der Waals surface area (Å²) in [7, 11) is 1.62. The first-order valence-corrected chi connectivity index (χ1v) is 12.4. The average Bonchev–Trinajstić information content (AvgIpc) is 3.12. The van der Waals surface area contributed by atoms with Gasteiger partial charge in [0.1, 0.15) is 11.0 Å². The van der Waals surface area contributed by atoms with Gasteiger partial charge in [-0.2, -0.15) is 0 Å². The van der Waals surface area contributed by atoms with Crippen LogP contribution < -0.4 is 15.0 Å². The molecule has 3 aromatic rings. The zero-order valence-electron chi connectivity index (χ0n) is 19.7. The monoisotopic (exact) mass is 507 g/mol. The number of rotatable bonds is 6. The molecular formula is C27H26ClN3O3S. The minimum Gasteiger partial charge on any atom is -0.497 e. The third-order valence-electron chi connectivity index (χ3n) is 5.61. The van der Waals surface area contributed by atoms with Crippen molar-refractivity contribution in [1.82, 2.24) is 0 Å². The Kier molecular flexibility index (Phi) is 7.78. The maximum Gasteiger partial charge on any atom is 0.247 e. The Bertz CT molecular complexity index is 1260. The van der Waals surface area contributed by atoms with Crippen molar-refractivity contribution in [3.63, 3.8) is 0 Å². The van der Waals surface area contributed by atoms with E-state index in [0.717, 1.165) is 28.1 Å². The van der Waals surface area contributed by atoms with Gasteiger partial charge in [-0.05, 0) is 67.4 Å². The lowest BCUT2D eigenvalue weighted by molar-refractivity contribution is -0.121. The molecule has 0 saturated carbocycles. The summed E-state index contributed by atoms with van der Waals surface area (Å²) in [6.07, 6.45) is 0.112. The van der Waals surface area contributed by atoms with Gasteiger partial charge in [-0.25, -0.2) is 4.90 Å². The standard InChI is InChI=1S/C27H26ClN3O3S/c1-17-4-13-23(18(2)14-17)31-25(32)15-24(26(31)33)35-27(30-21-9-7-20(28)8-10-21)29-16-19-5-11-22(34-3)12-6-19/h4-14,24H,15-16H2,1-3H3,(H,29,30). The molecule has 0 aliphatic carbocycles. The van der Waals surface area contributed by atoms with Crippen molar-refractivity contribution in [2.24, 2.45) is 4.99 Å². The topological polar surface area (TPSA) is 71.0 Å². The second kappa shape index (κ2) is 11.0. The van der Waals surface area contributed by atoms with E-state index in [-0.39, 0.29) is 18.2 Å². The lowest BCUT2D eigenvalue weighted by Gasteiger charge is -2.18. The van der Waals surface area contributed by atoms with Crippen LogP contribution >= 0.6 is 23.4 Å². The van der Waals surface area contributed by atoms with Gasteiger partial charge in [-0.15, -0.1) is 0 Å². The summed E-state index contributed by atoms with van der Waals surface area (Å²) in [5.41, 5.74) is 4.39. The van der Waals surface area contributed by atoms with E-state index in [9.17, 15) is 9.59 Å². The number of carbonyl (C=O) groups is 2. The number of nitrogens with one attached hydrogen (secondary N) is 1. The van der Waals surface area contributed by atoms with Crippen LogP contribution in [0.4, 0.5) is 11.4 Å². The van der Waals surface area contributed by atoms with Gasteiger partial charge < -0.3 is 10.1 Å². The number of aliphatic imine (C=N–C) groups is 1. The molecule has 6 nitrogen and oxygen atoms in total. The Hall–Kier alpha value is -3.29. The highest BCUT2D eigenvalue weighted by atomic mass is 35.5. The molecule has 0 radical (unpaired) electrons. The van der Waals surface area contributed by atoms with E-state index in [4.69, 9.17) is 21.3 Å². The quantitative estimate of drug-likeness (QED) is 0.252. The number of aryl methyl sites for hydroxylation is 2. The van der Waals surface area contributed by atoms with Crippen molar-refractivity contribution < 1.29 is 14.3 Å². The normalized spacial score (nSPS) is 16.1. The summed E-state index contributed by atoms with van der Waals surface area (Å²) >= 11 is 7.29. The average molecular weight is 508 g/mol. The van der Waals surface area contributed by atoms with Crippen molar-refractivity contribution in [3.05, 3.63) is 88.4 Å². The van der Waals surface area contributed by atoms with Crippen LogP contribution in [-0.4, -0.2) is 29.3 Å². The third kappa shape index (κ3) is 6.05. The van der Waals surface area contributed by atoms with Gasteiger partial charge in [0.2, 0.25) is 11.8 Å². The number of hydrogen-bond donors (Lipinski definition) is 1. The molecule has 1 heterocycles. The molecule has 0 bridgehead atoms. The van der Waals surface area contributed by atoms with Gasteiger partial charge in [0.25, 0.3) is 0 Å². The number of ether oxygens (including phenoxy) is 1. The summed E-state index contributed by atoms with van der Waals surface area (Å²) in [6.45, 7) is 4.30. The molecule has 0 spiro atoms. The van der Waals surface area contributed by atoms with Crippen LogP contribution in [0.3, 0.4) is 0 Å². The number of imide groups is 1. The summed E-state index contributed by atoms with van der Waals surface area (Å²) in [5.74, 6) is 0.329. The molecule has 0 aromatic heterocycles. The van der Waals surface area contributed by atoms with Crippen LogP contribution in [0.5, 0.6) is 5.75 Å². The zero-order valence-corrected chi connectivity index (χ0v) is 21.3. The van der Waals surface area contributed by atoms with Crippen molar-refractivity contribution >= 4 is 51.7 Å². The maximum atomic E-state index is 13.3. The van der Waals surface area contributed by atoms with Gasteiger partial charge >= 0.3 is 0 Å². The van der Waals surface area contributed by atoms with Crippen molar-refractivity contribution in [2.75, 3.05) is 17.3 Å². The molecule has 2 amide bonds. The second-order valence-electron chi connectivity index (χ2n) is 8.27. The molecule has 1 aliphatic heterocycles. The first-order chi connectivity index (χ1) is 16.8. The van der Waals surface area contributed by atoms with Crippen molar-refractivity contribution in [3.8, 4) is 5.75 Å². The van der Waals surface area contributed by atoms with Crippen LogP contribution in [0.2, 0.25) is 5.02 Å². The molecule has 8 heteroatoms. The lowest BCUT2D eigenvalue weighted by atomic mass is 10.1. The number of nitrogens with zero attached hydrogens (tertiary/aromatic N) is 2. The van der Waals surface area contributed by atoms with Crippen LogP contribution in [0.25, 0.3) is 0 Å². The van der Waals surface area contributed by atoms with Gasteiger partial charge in [0, 0.05) is 17.1 Å². The molecule has 180 valence electrons. The molecule has 1 N–H and O–H groups in total. The maximum absolute atomic E-state index is 13.3. The van der Waals surface area contributed by atoms with Crippen LogP contribution in [0.1, 0.15) is 23.1 Å². The van der Waals surface area contributed by atoms with Crippen LogP contribution in [0, 0.1) is 13.8 Å². The Morgan fingerprint density at radius 1 is 1.09 bits per heavy atom. The first-order valence-electron chi connectivity index (χ1n) is 11.1. The fourth-order valence-corrected chi connectivity index (χ4v) is 4.94. The minimum atomic E-state index is -0.572. The van der Waals surface area contributed by atoms with Crippen LogP contribution in [-0.2, 0) is 16.1 Å². The van der Waals surface area contributed by atoms with Gasteiger partial charge in [0.05, 0.1) is 19.3 Å². The Labute approximate surface area is 214 Å². The summed E-state index contributed by atoms with van der Waals surface area (Å²) in [6, 6.07) is 20.6. The van der Waals surface area contributed by atoms with E-state index in [2.05, 4.69) is 5.32 Å². The number of amidine groups is 1. The number of benzene rings is 3. The highest BCUT2D eigenvalue weighted by Crippen LogP contribution is 2.33. The third-order valence-corrected chi connectivity index (χ3v) is 6.97. The molecule has 1 atom stereocenters. The largest absolute Gasteiger partial charge is 0.497 e. The van der Waals surface area contributed by atoms with Crippen molar-refractivity contribution in [2.45, 2.75) is 32.1 Å². The number of carbonyl (C=O) groups excluding carboxylic acids is 2. The predicted octanol–water partition coefficient (Wildman–Crippen LogP) is 6.00. The number of halogens is 1.